The summed E-state index contributed by atoms with van der Waals surface area (Å²) in [5, 5.41) is 18.9. The molecule has 1 N–H and O–H groups in total. The maximum Gasteiger partial charge on any atom is 0.274 e. The molecule has 34 heavy (non-hydrogen) atoms. The Balaban J connectivity index is 1.50. The van der Waals surface area contributed by atoms with Crippen LogP contribution in [0.15, 0.2) is 88.8 Å². The molecule has 172 valence electrons. The highest BCUT2D eigenvalue weighted by Crippen LogP contribution is 2.33. The molecule has 0 fully saturated rings. The summed E-state index contributed by atoms with van der Waals surface area (Å²) >= 11 is 7.25. The van der Waals surface area contributed by atoms with Crippen LogP contribution in [0.1, 0.15) is 16.1 Å². The summed E-state index contributed by atoms with van der Waals surface area (Å²) in [7, 11) is 0. The normalized spacial score (nSPS) is 10.6. The van der Waals surface area contributed by atoms with Crippen molar-refractivity contribution in [1.82, 2.24) is 9.78 Å². The summed E-state index contributed by atoms with van der Waals surface area (Å²) < 4.78 is 7.05. The van der Waals surface area contributed by atoms with Crippen LogP contribution in [0.5, 0.6) is 5.75 Å². The van der Waals surface area contributed by atoms with Crippen molar-refractivity contribution in [2.45, 2.75) is 23.4 Å². The van der Waals surface area contributed by atoms with Crippen LogP contribution in [-0.4, -0.2) is 20.6 Å². The molecule has 4 rings (SSSR count). The number of nitro groups is 1. The number of nitrogens with one attached hydrogen (secondary N) is 1. The average molecular weight is 495 g/mol. The van der Waals surface area contributed by atoms with Crippen molar-refractivity contribution >= 4 is 40.6 Å². The molecule has 1 aromatic heterocycles. The number of amides is 1. The number of halogens is 1. The summed E-state index contributed by atoms with van der Waals surface area (Å²) in [5.41, 5.74) is 1.55. The van der Waals surface area contributed by atoms with E-state index in [1.54, 1.807) is 36.4 Å². The van der Waals surface area contributed by atoms with Gasteiger partial charge in [0.25, 0.3) is 11.6 Å². The number of nitrogens with zero attached hydrogens (tertiary/aromatic N) is 3. The smallest absolute Gasteiger partial charge is 0.274 e. The van der Waals surface area contributed by atoms with Gasteiger partial charge in [-0.2, -0.15) is 5.10 Å². The second kappa shape index (κ2) is 10.4. The van der Waals surface area contributed by atoms with E-state index in [0.29, 0.717) is 21.4 Å². The van der Waals surface area contributed by atoms with Gasteiger partial charge in [-0.1, -0.05) is 41.1 Å². The Hall–Kier alpha value is -3.82. The quantitative estimate of drug-likeness (QED) is 0.231. The largest absolute Gasteiger partial charge is 0.471 e. The van der Waals surface area contributed by atoms with Crippen LogP contribution in [0.2, 0.25) is 5.02 Å². The molecule has 0 saturated carbocycles. The molecule has 0 aliphatic carbocycles. The number of carbonyl (C=O) groups is 1. The van der Waals surface area contributed by atoms with Gasteiger partial charge in [0.2, 0.25) is 0 Å². The lowest BCUT2D eigenvalue weighted by atomic mass is 10.2. The van der Waals surface area contributed by atoms with Crippen molar-refractivity contribution in [1.29, 1.82) is 0 Å². The van der Waals surface area contributed by atoms with Crippen LogP contribution >= 0.6 is 23.4 Å². The van der Waals surface area contributed by atoms with Crippen LogP contribution in [0.25, 0.3) is 0 Å². The van der Waals surface area contributed by atoms with Gasteiger partial charge < -0.3 is 10.1 Å². The zero-order chi connectivity index (χ0) is 24.1. The van der Waals surface area contributed by atoms with Crippen LogP contribution < -0.4 is 10.1 Å². The fraction of sp³-hybridized carbons (Fsp3) is 0.0833. The summed E-state index contributed by atoms with van der Waals surface area (Å²) in [6.07, 6.45) is 1.48. The topological polar surface area (TPSA) is 99.3 Å². The Kier molecular flexibility index (Phi) is 7.15. The first kappa shape index (κ1) is 23.3. The number of nitro benzene ring substituents is 1. The van der Waals surface area contributed by atoms with Crippen molar-refractivity contribution in [3.8, 4) is 5.75 Å². The maximum atomic E-state index is 12.9. The number of non-ortho nitro benzene ring substituents is 1. The van der Waals surface area contributed by atoms with Crippen molar-refractivity contribution in [3.63, 3.8) is 0 Å². The third-order valence-corrected chi connectivity index (χ3v) is 5.96. The van der Waals surface area contributed by atoms with Crippen LogP contribution in [0.4, 0.5) is 11.4 Å². The molecule has 0 radical (unpaired) electrons. The number of rotatable bonds is 8. The first-order chi connectivity index (χ1) is 16.4. The number of hydrogen-bond acceptors (Lipinski definition) is 6. The first-order valence-corrected chi connectivity index (χ1v) is 11.3. The predicted molar refractivity (Wildman–Crippen MR) is 131 cm³/mol. The molecular weight excluding hydrogens is 476 g/mol. The highest BCUT2D eigenvalue weighted by molar-refractivity contribution is 7.99. The van der Waals surface area contributed by atoms with Crippen molar-refractivity contribution in [2.75, 3.05) is 5.32 Å². The highest BCUT2D eigenvalue weighted by atomic mass is 35.5. The van der Waals surface area contributed by atoms with Crippen LogP contribution in [0.3, 0.4) is 0 Å². The number of carbonyl (C=O) groups excluding carboxylic acids is 1. The van der Waals surface area contributed by atoms with Crippen molar-refractivity contribution in [2.24, 2.45) is 0 Å². The van der Waals surface area contributed by atoms with Gasteiger partial charge in [-0.05, 0) is 55.5 Å². The second-order valence-electron chi connectivity index (χ2n) is 7.29. The Morgan fingerprint density at radius 1 is 1.09 bits per heavy atom. The number of benzene rings is 3. The minimum Gasteiger partial charge on any atom is -0.471 e. The maximum absolute atomic E-state index is 12.9. The summed E-state index contributed by atoms with van der Waals surface area (Å²) in [6.45, 7) is 1.99. The van der Waals surface area contributed by atoms with Gasteiger partial charge in [0.05, 0.1) is 4.92 Å². The van der Waals surface area contributed by atoms with Gasteiger partial charge >= 0.3 is 0 Å². The molecule has 0 saturated heterocycles. The van der Waals surface area contributed by atoms with E-state index in [-0.39, 0.29) is 18.1 Å². The third-order valence-electron chi connectivity index (χ3n) is 4.73. The molecule has 8 nitrogen and oxygen atoms in total. The fourth-order valence-electron chi connectivity index (χ4n) is 3.05. The standard InChI is InChI=1S/C24H19ClN4O4S/c1-16-2-8-21(9-3-16)34-22-13-18(12-19(14-22)29(31)32)27-24(30)23-10-11-26-28(23)15-33-20-6-4-17(25)5-7-20/h2-14H,15H2,1H3,(H,27,30). The van der Waals surface area contributed by atoms with E-state index in [0.717, 1.165) is 10.5 Å². The molecule has 0 atom stereocenters. The van der Waals surface area contributed by atoms with E-state index in [9.17, 15) is 14.9 Å². The Labute approximate surface area is 204 Å². The summed E-state index contributed by atoms with van der Waals surface area (Å²) in [4.78, 5) is 25.5. The van der Waals surface area contributed by atoms with Gasteiger partial charge in [-0.25, -0.2) is 4.68 Å². The first-order valence-electron chi connectivity index (χ1n) is 10.1. The number of aryl methyl sites for hydroxylation is 1. The molecule has 0 bridgehead atoms. The Morgan fingerprint density at radius 2 is 1.82 bits per heavy atom. The Morgan fingerprint density at radius 3 is 2.53 bits per heavy atom. The van der Waals surface area contributed by atoms with E-state index in [4.69, 9.17) is 16.3 Å². The van der Waals surface area contributed by atoms with Gasteiger partial charge in [0.15, 0.2) is 6.73 Å². The van der Waals surface area contributed by atoms with Crippen molar-refractivity contribution < 1.29 is 14.5 Å². The van der Waals surface area contributed by atoms with Crippen LogP contribution in [0, 0.1) is 17.0 Å². The minimum atomic E-state index is -0.487. The number of aromatic nitrogens is 2. The molecule has 1 amide bonds. The molecule has 4 aromatic rings. The zero-order valence-electron chi connectivity index (χ0n) is 18.0. The lowest BCUT2D eigenvalue weighted by Crippen LogP contribution is -2.19. The van der Waals surface area contributed by atoms with Gasteiger partial charge in [0, 0.05) is 38.8 Å². The molecule has 3 aromatic carbocycles. The number of hydrogen-bond donors (Lipinski definition) is 1. The van der Waals surface area contributed by atoms with Crippen molar-refractivity contribution in [3.05, 3.63) is 105 Å². The molecule has 0 aliphatic rings. The molecule has 0 aliphatic heterocycles. The Bertz CT molecular complexity index is 1320. The summed E-state index contributed by atoms with van der Waals surface area (Å²) in [6, 6.07) is 20.7. The van der Waals surface area contributed by atoms with E-state index in [1.165, 1.54) is 34.8 Å². The van der Waals surface area contributed by atoms with E-state index in [2.05, 4.69) is 10.4 Å². The molecule has 0 spiro atoms. The van der Waals surface area contributed by atoms with E-state index in [1.807, 2.05) is 31.2 Å². The highest BCUT2D eigenvalue weighted by Gasteiger charge is 2.16. The number of ether oxygens (including phenoxy) is 1. The monoisotopic (exact) mass is 494 g/mol. The lowest BCUT2D eigenvalue weighted by Gasteiger charge is -2.11. The van der Waals surface area contributed by atoms with Gasteiger partial charge in [-0.15, -0.1) is 0 Å². The van der Waals surface area contributed by atoms with Crippen LogP contribution in [-0.2, 0) is 6.73 Å². The molecule has 10 heteroatoms. The minimum absolute atomic E-state index is 0.000842. The zero-order valence-corrected chi connectivity index (χ0v) is 19.5. The SMILES string of the molecule is Cc1ccc(Sc2cc(NC(=O)c3ccnn3COc3ccc(Cl)cc3)cc([N+](=O)[O-])c2)cc1. The van der Waals surface area contributed by atoms with E-state index < -0.39 is 10.8 Å². The molecular formula is C24H19ClN4O4S. The molecule has 0 unspecified atom stereocenters. The van der Waals surface area contributed by atoms with Gasteiger partial charge in [-0.3, -0.25) is 14.9 Å². The van der Waals surface area contributed by atoms with Gasteiger partial charge in [0.1, 0.15) is 11.4 Å². The molecule has 1 heterocycles. The number of anilines is 1. The predicted octanol–water partition coefficient (Wildman–Crippen LogP) is 6.19. The average Bonchev–Trinajstić information content (AvgIpc) is 3.29. The summed E-state index contributed by atoms with van der Waals surface area (Å²) in [5.74, 6) is 0.103. The third kappa shape index (κ3) is 5.94. The van der Waals surface area contributed by atoms with E-state index >= 15 is 0 Å². The second-order valence-corrected chi connectivity index (χ2v) is 8.87. The lowest BCUT2D eigenvalue weighted by molar-refractivity contribution is -0.385. The fourth-order valence-corrected chi connectivity index (χ4v) is 4.09.